The van der Waals surface area contributed by atoms with Crippen molar-refractivity contribution in [1.29, 1.82) is 0 Å². The fraction of sp³-hybridized carbons (Fsp3) is 0.200. The number of benzene rings is 2. The van der Waals surface area contributed by atoms with E-state index < -0.39 is 20.5 Å². The normalized spacial score (nSPS) is 23.3. The monoisotopic (exact) mass is 375 g/mol. The number of hydrogen-bond acceptors (Lipinski definition) is 2. The second-order valence-corrected chi connectivity index (χ2v) is 8.75. The number of aryl methyl sites for hydroxylation is 1. The molecule has 1 saturated heterocycles. The van der Waals surface area contributed by atoms with E-state index in [1.54, 1.807) is 0 Å². The van der Waals surface area contributed by atoms with Crippen LogP contribution in [0.15, 0.2) is 53.4 Å². The molecular weight excluding hydrogens is 365 g/mol. The Morgan fingerprint density at radius 2 is 1.55 bits per heavy atom. The first-order chi connectivity index (χ1) is 10.2. The highest BCUT2D eigenvalue weighted by Crippen LogP contribution is 2.62. The van der Waals surface area contributed by atoms with E-state index >= 15 is 0 Å². The third-order valence-electron chi connectivity index (χ3n) is 3.55. The number of rotatable bonds is 3. The van der Waals surface area contributed by atoms with Crippen molar-refractivity contribution in [2.75, 3.05) is 0 Å². The fourth-order valence-electron chi connectivity index (χ4n) is 2.33. The van der Waals surface area contributed by atoms with Crippen LogP contribution in [-0.4, -0.2) is 17.2 Å². The van der Waals surface area contributed by atoms with Gasteiger partial charge in [0.2, 0.25) is 14.5 Å². The molecule has 1 fully saturated rings. The molecule has 0 bridgehead atoms. The molecule has 2 aromatic rings. The Labute approximate surface area is 144 Å². The molecule has 1 heterocycles. The third-order valence-corrected chi connectivity index (χ3v) is 6.67. The number of alkyl halides is 2. The SMILES string of the molecule is Cc1ccc(C2N(S(=O)(=O)c3ccc(Cl)cc3)C2(Cl)Cl)cc1. The first-order valence-corrected chi connectivity index (χ1v) is 9.06. The minimum absolute atomic E-state index is 0.109. The van der Waals surface area contributed by atoms with Gasteiger partial charge >= 0.3 is 0 Å². The van der Waals surface area contributed by atoms with E-state index in [9.17, 15) is 8.42 Å². The lowest BCUT2D eigenvalue weighted by molar-refractivity contribution is 0.550. The summed E-state index contributed by atoms with van der Waals surface area (Å²) in [5.41, 5.74) is 1.83. The molecule has 3 nitrogen and oxygen atoms in total. The fourth-order valence-corrected chi connectivity index (χ4v) is 5.29. The van der Waals surface area contributed by atoms with Crippen molar-refractivity contribution in [3.63, 3.8) is 0 Å². The lowest BCUT2D eigenvalue weighted by Gasteiger charge is -2.07. The Balaban J connectivity index is 1.97. The standard InChI is InChI=1S/C15H12Cl3NO2S/c1-10-2-4-11(5-3-10)14-15(17,18)19(14)22(20,21)13-8-6-12(16)7-9-13/h2-9,14H,1H3. The van der Waals surface area contributed by atoms with E-state index in [1.165, 1.54) is 24.3 Å². The maximum atomic E-state index is 12.7. The van der Waals surface area contributed by atoms with Crippen LogP contribution in [0.1, 0.15) is 17.2 Å². The third kappa shape index (κ3) is 2.63. The van der Waals surface area contributed by atoms with Crippen molar-refractivity contribution in [3.05, 3.63) is 64.7 Å². The molecular formula is C15H12Cl3NO2S. The summed E-state index contributed by atoms with van der Waals surface area (Å²) >= 11 is 18.2. The predicted molar refractivity (Wildman–Crippen MR) is 88.8 cm³/mol. The molecule has 0 radical (unpaired) electrons. The van der Waals surface area contributed by atoms with Crippen molar-refractivity contribution in [1.82, 2.24) is 4.31 Å². The van der Waals surface area contributed by atoms with Gasteiger partial charge in [0.1, 0.15) is 6.04 Å². The van der Waals surface area contributed by atoms with Crippen LogP contribution in [0.5, 0.6) is 0 Å². The summed E-state index contributed by atoms with van der Waals surface area (Å²) in [6, 6.07) is 12.8. The van der Waals surface area contributed by atoms with Gasteiger partial charge in [-0.25, -0.2) is 8.42 Å². The van der Waals surface area contributed by atoms with Crippen LogP contribution in [-0.2, 0) is 10.0 Å². The van der Waals surface area contributed by atoms with Gasteiger partial charge in [-0.15, -0.1) is 4.31 Å². The molecule has 0 saturated carbocycles. The van der Waals surface area contributed by atoms with Crippen molar-refractivity contribution in [2.45, 2.75) is 22.3 Å². The van der Waals surface area contributed by atoms with Crippen LogP contribution in [0.25, 0.3) is 0 Å². The Morgan fingerprint density at radius 3 is 2.09 bits per heavy atom. The number of halogens is 3. The van der Waals surface area contributed by atoms with Crippen molar-refractivity contribution in [3.8, 4) is 0 Å². The molecule has 3 rings (SSSR count). The minimum atomic E-state index is -3.79. The number of sulfonamides is 1. The lowest BCUT2D eigenvalue weighted by atomic mass is 10.1. The zero-order valence-corrected chi connectivity index (χ0v) is 14.6. The molecule has 1 aliphatic heterocycles. The highest BCUT2D eigenvalue weighted by molar-refractivity contribution is 7.89. The lowest BCUT2D eigenvalue weighted by Crippen LogP contribution is -2.16. The van der Waals surface area contributed by atoms with Crippen LogP contribution in [0.4, 0.5) is 0 Å². The largest absolute Gasteiger partial charge is 0.246 e. The minimum Gasteiger partial charge on any atom is -0.207 e. The van der Waals surface area contributed by atoms with Gasteiger partial charge in [-0.1, -0.05) is 64.6 Å². The van der Waals surface area contributed by atoms with Crippen molar-refractivity contribution < 1.29 is 8.42 Å². The van der Waals surface area contributed by atoms with Gasteiger partial charge in [-0.3, -0.25) is 0 Å². The van der Waals surface area contributed by atoms with Gasteiger partial charge in [0, 0.05) is 5.02 Å². The molecule has 0 N–H and O–H groups in total. The van der Waals surface area contributed by atoms with Crippen molar-refractivity contribution in [2.24, 2.45) is 0 Å². The van der Waals surface area contributed by atoms with E-state index in [1.807, 2.05) is 31.2 Å². The van der Waals surface area contributed by atoms with E-state index in [4.69, 9.17) is 34.8 Å². The predicted octanol–water partition coefficient (Wildman–Crippen LogP) is 4.53. The Morgan fingerprint density at radius 1 is 1.00 bits per heavy atom. The summed E-state index contributed by atoms with van der Waals surface area (Å²) in [5.74, 6) is 0. The van der Waals surface area contributed by atoms with Crippen LogP contribution in [0, 0.1) is 6.92 Å². The van der Waals surface area contributed by atoms with E-state index in [0.29, 0.717) is 5.02 Å². The molecule has 7 heteroatoms. The molecule has 0 aromatic heterocycles. The first-order valence-electron chi connectivity index (χ1n) is 6.49. The summed E-state index contributed by atoms with van der Waals surface area (Å²) in [5, 5.41) is 0.461. The van der Waals surface area contributed by atoms with Crippen LogP contribution in [0.3, 0.4) is 0 Å². The van der Waals surface area contributed by atoms with Crippen LogP contribution in [0.2, 0.25) is 5.02 Å². The molecule has 0 spiro atoms. The van der Waals surface area contributed by atoms with Gasteiger partial charge < -0.3 is 0 Å². The highest BCUT2D eigenvalue weighted by Gasteiger charge is 2.68. The number of nitrogens with zero attached hydrogens (tertiary/aromatic N) is 1. The topological polar surface area (TPSA) is 37.1 Å². The zero-order chi connectivity index (χ0) is 16.1. The number of hydrogen-bond donors (Lipinski definition) is 0. The van der Waals surface area contributed by atoms with Gasteiger partial charge in [-0.2, -0.15) is 0 Å². The van der Waals surface area contributed by atoms with Gasteiger partial charge in [0.05, 0.1) is 4.90 Å². The summed E-state index contributed by atoms with van der Waals surface area (Å²) in [4.78, 5) is 0.109. The summed E-state index contributed by atoms with van der Waals surface area (Å²) < 4.78 is 25.0. The molecule has 0 amide bonds. The molecule has 0 aliphatic carbocycles. The average molecular weight is 377 g/mol. The average Bonchev–Trinajstić information content (AvgIpc) is 3.04. The van der Waals surface area contributed by atoms with Crippen LogP contribution >= 0.6 is 34.8 Å². The summed E-state index contributed by atoms with van der Waals surface area (Å²) in [7, 11) is -3.79. The molecule has 2 aromatic carbocycles. The Bertz CT molecular complexity index is 802. The molecule has 2 unspecified atom stereocenters. The van der Waals surface area contributed by atoms with Gasteiger partial charge in [-0.05, 0) is 36.8 Å². The molecule has 1 aliphatic rings. The summed E-state index contributed by atoms with van der Waals surface area (Å²) in [6.45, 7) is 1.95. The van der Waals surface area contributed by atoms with Crippen molar-refractivity contribution >= 4 is 44.8 Å². The Kier molecular flexibility index (Phi) is 3.94. The second-order valence-electron chi connectivity index (χ2n) is 5.16. The second kappa shape index (κ2) is 5.39. The van der Waals surface area contributed by atoms with Gasteiger partial charge in [0.25, 0.3) is 0 Å². The van der Waals surface area contributed by atoms with E-state index in [-0.39, 0.29) is 4.90 Å². The molecule has 22 heavy (non-hydrogen) atoms. The summed E-state index contributed by atoms with van der Waals surface area (Å²) in [6.07, 6.45) is 0. The molecule has 2 atom stereocenters. The highest BCUT2D eigenvalue weighted by atomic mass is 35.5. The zero-order valence-electron chi connectivity index (χ0n) is 11.5. The maximum Gasteiger partial charge on any atom is 0.246 e. The van der Waals surface area contributed by atoms with Gasteiger partial charge in [0.15, 0.2) is 0 Å². The van der Waals surface area contributed by atoms with E-state index in [2.05, 4.69) is 0 Å². The van der Waals surface area contributed by atoms with E-state index in [0.717, 1.165) is 15.4 Å². The molecule has 116 valence electrons. The van der Waals surface area contributed by atoms with Crippen LogP contribution < -0.4 is 0 Å². The maximum absolute atomic E-state index is 12.7. The quantitative estimate of drug-likeness (QED) is 0.448. The smallest absolute Gasteiger partial charge is 0.207 e. The Hall–Kier alpha value is -0.780. The first kappa shape index (κ1) is 16.1.